The largest absolute Gasteiger partial charge is 0.478 e. The second-order valence-electron chi connectivity index (χ2n) is 4.09. The first-order valence-electron chi connectivity index (χ1n) is 5.74. The molecular weight excluding hydrogens is 236 g/mol. The van der Waals surface area contributed by atoms with Gasteiger partial charge in [0, 0.05) is 25.0 Å². The molecule has 92 valence electrons. The fraction of sp³-hybridized carbons (Fsp3) is 0.500. The van der Waals surface area contributed by atoms with Crippen LogP contribution in [0.15, 0.2) is 18.3 Å². The number of pyridine rings is 1. The molecular formula is C12H16N2O2S. The third-order valence-electron chi connectivity index (χ3n) is 2.77. The first kappa shape index (κ1) is 12.4. The molecule has 0 atom stereocenters. The molecule has 0 spiro atoms. The van der Waals surface area contributed by atoms with Gasteiger partial charge in [0.2, 0.25) is 0 Å². The highest BCUT2D eigenvalue weighted by Gasteiger charge is 2.10. The first-order valence-corrected chi connectivity index (χ1v) is 6.89. The fourth-order valence-electron chi connectivity index (χ4n) is 1.83. The van der Waals surface area contributed by atoms with E-state index in [1.807, 2.05) is 17.8 Å². The van der Waals surface area contributed by atoms with Gasteiger partial charge < -0.3 is 5.11 Å². The highest BCUT2D eigenvalue weighted by atomic mass is 32.2. The number of hydrogen-bond donors (Lipinski definition) is 1. The van der Waals surface area contributed by atoms with Crippen molar-refractivity contribution in [3.63, 3.8) is 0 Å². The van der Waals surface area contributed by atoms with E-state index in [-0.39, 0.29) is 5.56 Å². The molecule has 17 heavy (non-hydrogen) atoms. The van der Waals surface area contributed by atoms with E-state index in [9.17, 15) is 4.79 Å². The lowest BCUT2D eigenvalue weighted by Gasteiger charge is -2.18. The van der Waals surface area contributed by atoms with Gasteiger partial charge in [0.1, 0.15) is 0 Å². The molecule has 1 N–H and O–H groups in total. The van der Waals surface area contributed by atoms with E-state index in [1.165, 1.54) is 24.1 Å². The van der Waals surface area contributed by atoms with Gasteiger partial charge in [-0.25, -0.2) is 4.79 Å². The number of aromatic carboxylic acids is 1. The molecule has 1 aromatic rings. The van der Waals surface area contributed by atoms with Crippen molar-refractivity contribution in [3.05, 3.63) is 29.6 Å². The summed E-state index contributed by atoms with van der Waals surface area (Å²) in [5.41, 5.74) is 1.20. The van der Waals surface area contributed by atoms with Crippen molar-refractivity contribution in [1.29, 1.82) is 0 Å². The lowest BCUT2D eigenvalue weighted by atomic mass is 10.2. The molecule has 0 unspecified atom stereocenters. The SMILES string of the molecule is O=C(O)c1ccc(CN2CCCSCC2)nc1. The maximum absolute atomic E-state index is 10.7. The molecule has 1 aliphatic rings. The van der Waals surface area contributed by atoms with Crippen LogP contribution in [0.2, 0.25) is 0 Å². The third kappa shape index (κ3) is 3.71. The summed E-state index contributed by atoms with van der Waals surface area (Å²) in [4.78, 5) is 17.3. The standard InChI is InChI=1S/C12H16N2O2S/c15-12(16)10-2-3-11(13-8-10)9-14-4-1-6-17-7-5-14/h2-3,8H,1,4-7,9H2,(H,15,16). The first-order chi connectivity index (χ1) is 8.25. The molecule has 0 radical (unpaired) electrons. The van der Waals surface area contributed by atoms with Crippen LogP contribution in [-0.2, 0) is 6.54 Å². The predicted octanol–water partition coefficient (Wildman–Crippen LogP) is 1.72. The molecule has 1 fully saturated rings. The van der Waals surface area contributed by atoms with E-state index in [1.54, 1.807) is 6.07 Å². The molecule has 0 aromatic carbocycles. The molecule has 0 amide bonds. The monoisotopic (exact) mass is 252 g/mol. The summed E-state index contributed by atoms with van der Waals surface area (Å²) in [6.07, 6.45) is 2.65. The number of aromatic nitrogens is 1. The highest BCUT2D eigenvalue weighted by molar-refractivity contribution is 7.99. The van der Waals surface area contributed by atoms with Gasteiger partial charge in [0.05, 0.1) is 11.3 Å². The van der Waals surface area contributed by atoms with E-state index >= 15 is 0 Å². The minimum atomic E-state index is -0.921. The minimum absolute atomic E-state index is 0.250. The number of carboxylic acids is 1. The fourth-order valence-corrected chi connectivity index (χ4v) is 2.75. The van der Waals surface area contributed by atoms with E-state index in [0.29, 0.717) is 0 Å². The summed E-state index contributed by atoms with van der Waals surface area (Å²) >= 11 is 2.00. The Morgan fingerprint density at radius 2 is 2.29 bits per heavy atom. The number of carboxylic acid groups (broad SMARTS) is 1. The average Bonchev–Trinajstić information content (AvgIpc) is 2.58. The van der Waals surface area contributed by atoms with Crippen LogP contribution in [0.25, 0.3) is 0 Å². The van der Waals surface area contributed by atoms with Crippen LogP contribution in [-0.4, -0.2) is 45.6 Å². The molecule has 2 heterocycles. The number of thioether (sulfide) groups is 1. The summed E-state index contributed by atoms with van der Waals surface area (Å²) in [5, 5.41) is 8.78. The van der Waals surface area contributed by atoms with Crippen molar-refractivity contribution < 1.29 is 9.90 Å². The van der Waals surface area contributed by atoms with Gasteiger partial charge in [0.15, 0.2) is 0 Å². The Bertz CT molecular complexity index is 373. The molecule has 1 aromatic heterocycles. The summed E-state index contributed by atoms with van der Waals surface area (Å²) in [6.45, 7) is 3.02. The van der Waals surface area contributed by atoms with Crippen LogP contribution in [0.5, 0.6) is 0 Å². The van der Waals surface area contributed by atoms with E-state index < -0.39 is 5.97 Å². The van der Waals surface area contributed by atoms with E-state index in [2.05, 4.69) is 9.88 Å². The summed E-state index contributed by atoms with van der Waals surface area (Å²) in [6, 6.07) is 3.43. The number of nitrogens with zero attached hydrogens (tertiary/aromatic N) is 2. The van der Waals surface area contributed by atoms with Crippen molar-refractivity contribution in [3.8, 4) is 0 Å². The van der Waals surface area contributed by atoms with E-state index in [0.717, 1.165) is 25.3 Å². The van der Waals surface area contributed by atoms with Crippen molar-refractivity contribution in [1.82, 2.24) is 9.88 Å². The van der Waals surface area contributed by atoms with Gasteiger partial charge in [-0.3, -0.25) is 9.88 Å². The Morgan fingerprint density at radius 1 is 1.41 bits per heavy atom. The van der Waals surface area contributed by atoms with Gasteiger partial charge in [-0.1, -0.05) is 0 Å². The van der Waals surface area contributed by atoms with Crippen LogP contribution in [0.1, 0.15) is 22.5 Å². The quantitative estimate of drug-likeness (QED) is 0.887. The Kier molecular flexibility index (Phi) is 4.39. The second-order valence-corrected chi connectivity index (χ2v) is 5.31. The topological polar surface area (TPSA) is 53.4 Å². The Hall–Kier alpha value is -1.07. The van der Waals surface area contributed by atoms with Gasteiger partial charge >= 0.3 is 5.97 Å². The summed E-state index contributed by atoms with van der Waals surface area (Å²) < 4.78 is 0. The Balaban J connectivity index is 1.95. The van der Waals surface area contributed by atoms with Gasteiger partial charge in [0.25, 0.3) is 0 Å². The van der Waals surface area contributed by atoms with Crippen LogP contribution in [0.4, 0.5) is 0 Å². The third-order valence-corrected chi connectivity index (χ3v) is 3.82. The Labute approximate surface area is 105 Å². The van der Waals surface area contributed by atoms with Gasteiger partial charge in [-0.15, -0.1) is 0 Å². The molecule has 5 heteroatoms. The zero-order valence-electron chi connectivity index (χ0n) is 9.63. The van der Waals surface area contributed by atoms with Crippen LogP contribution >= 0.6 is 11.8 Å². The lowest BCUT2D eigenvalue weighted by molar-refractivity contribution is 0.0696. The van der Waals surface area contributed by atoms with Crippen LogP contribution in [0.3, 0.4) is 0 Å². The normalized spacial score (nSPS) is 17.6. The molecule has 1 aliphatic heterocycles. The van der Waals surface area contributed by atoms with Crippen molar-refractivity contribution in [2.45, 2.75) is 13.0 Å². The smallest absolute Gasteiger partial charge is 0.337 e. The molecule has 4 nitrogen and oxygen atoms in total. The minimum Gasteiger partial charge on any atom is -0.478 e. The summed E-state index contributed by atoms with van der Waals surface area (Å²) in [7, 11) is 0. The maximum Gasteiger partial charge on any atom is 0.337 e. The Morgan fingerprint density at radius 3 is 3.00 bits per heavy atom. The zero-order valence-corrected chi connectivity index (χ0v) is 10.4. The average molecular weight is 252 g/mol. The maximum atomic E-state index is 10.7. The number of carbonyl (C=O) groups is 1. The van der Waals surface area contributed by atoms with Crippen molar-refractivity contribution >= 4 is 17.7 Å². The molecule has 0 aliphatic carbocycles. The van der Waals surface area contributed by atoms with Gasteiger partial charge in [-0.2, -0.15) is 11.8 Å². The number of rotatable bonds is 3. The summed E-state index contributed by atoms with van der Waals surface area (Å²) in [5.74, 6) is 1.49. The molecule has 0 saturated carbocycles. The number of hydrogen-bond acceptors (Lipinski definition) is 4. The van der Waals surface area contributed by atoms with E-state index in [4.69, 9.17) is 5.11 Å². The van der Waals surface area contributed by atoms with Crippen molar-refractivity contribution in [2.75, 3.05) is 24.6 Å². The van der Waals surface area contributed by atoms with Crippen LogP contribution in [0, 0.1) is 0 Å². The second kappa shape index (κ2) is 6.02. The predicted molar refractivity (Wildman–Crippen MR) is 68.4 cm³/mol. The molecule has 2 rings (SSSR count). The van der Waals surface area contributed by atoms with Crippen molar-refractivity contribution in [2.24, 2.45) is 0 Å². The zero-order chi connectivity index (χ0) is 12.1. The lowest BCUT2D eigenvalue weighted by Crippen LogP contribution is -2.25. The van der Waals surface area contributed by atoms with Gasteiger partial charge in [-0.05, 0) is 30.9 Å². The molecule has 1 saturated heterocycles. The van der Waals surface area contributed by atoms with Crippen LogP contribution < -0.4 is 0 Å². The highest BCUT2D eigenvalue weighted by Crippen LogP contribution is 2.12. The molecule has 0 bridgehead atoms.